The van der Waals surface area contributed by atoms with E-state index in [2.05, 4.69) is 31.6 Å². The number of nitrogens with zero attached hydrogens (tertiary/aromatic N) is 4. The summed E-state index contributed by atoms with van der Waals surface area (Å²) in [4.78, 5) is 55.9. The highest BCUT2D eigenvalue weighted by atomic mass is 16.5. The van der Waals surface area contributed by atoms with E-state index in [9.17, 15) is 24.3 Å². The fraction of sp³-hybridized carbons (Fsp3) is 0.486. The summed E-state index contributed by atoms with van der Waals surface area (Å²) in [5.41, 5.74) is 1.70. The molecule has 1 fully saturated rings. The van der Waals surface area contributed by atoms with Crippen LogP contribution in [0.15, 0.2) is 54.7 Å². The summed E-state index contributed by atoms with van der Waals surface area (Å²) >= 11 is 0. The molecule has 3 aliphatic rings. The molecule has 2 aromatic carbocycles. The van der Waals surface area contributed by atoms with Crippen molar-refractivity contribution in [3.8, 4) is 11.5 Å². The molecule has 3 aliphatic heterocycles. The first-order chi connectivity index (χ1) is 24.2. The molecule has 1 aromatic heterocycles. The predicted molar refractivity (Wildman–Crippen MR) is 182 cm³/mol. The molecule has 3 aromatic rings. The molecule has 4 bridgehead atoms. The van der Waals surface area contributed by atoms with Gasteiger partial charge in [-0.15, -0.1) is 5.10 Å². The second kappa shape index (κ2) is 17.6. The fourth-order valence-electron chi connectivity index (χ4n) is 6.03. The van der Waals surface area contributed by atoms with Gasteiger partial charge in [-0.2, -0.15) is 0 Å². The molecule has 268 valence electrons. The number of aliphatic hydroxyl groups is 1. The molecule has 15 nitrogen and oxygen atoms in total. The van der Waals surface area contributed by atoms with Crippen molar-refractivity contribution in [3.05, 3.63) is 71.5 Å². The van der Waals surface area contributed by atoms with Crippen molar-refractivity contribution >= 4 is 23.6 Å². The fourth-order valence-corrected chi connectivity index (χ4v) is 6.03. The van der Waals surface area contributed by atoms with Crippen LogP contribution in [0.25, 0.3) is 0 Å². The normalized spacial score (nSPS) is 22.0. The Morgan fingerprint density at radius 1 is 1.06 bits per heavy atom. The van der Waals surface area contributed by atoms with Crippen LogP contribution in [0.5, 0.6) is 11.5 Å². The Bertz CT molecular complexity index is 1610. The Labute approximate surface area is 291 Å². The Balaban J connectivity index is 1.40. The number of fused-ring (bicyclic) bond motifs is 16. The van der Waals surface area contributed by atoms with E-state index in [1.54, 1.807) is 27.9 Å². The van der Waals surface area contributed by atoms with E-state index in [1.807, 2.05) is 30.3 Å². The summed E-state index contributed by atoms with van der Waals surface area (Å²) in [6.07, 6.45) is 2.79. The summed E-state index contributed by atoms with van der Waals surface area (Å²) < 4.78 is 13.1. The summed E-state index contributed by atoms with van der Waals surface area (Å²) in [6.45, 7) is 4.16. The molecule has 4 atom stereocenters. The van der Waals surface area contributed by atoms with Gasteiger partial charge in [0.05, 0.1) is 31.4 Å². The highest BCUT2D eigenvalue weighted by Crippen LogP contribution is 2.28. The lowest BCUT2D eigenvalue weighted by atomic mass is 9.98. The van der Waals surface area contributed by atoms with Gasteiger partial charge in [0.15, 0.2) is 11.5 Å². The number of methoxy groups -OCH3 is 1. The van der Waals surface area contributed by atoms with Gasteiger partial charge in [-0.05, 0) is 50.1 Å². The van der Waals surface area contributed by atoms with Crippen LogP contribution in [-0.2, 0) is 33.8 Å². The van der Waals surface area contributed by atoms with Crippen LogP contribution in [0.2, 0.25) is 0 Å². The molecular weight excluding hydrogens is 644 g/mol. The summed E-state index contributed by atoms with van der Waals surface area (Å²) in [5, 5.41) is 30.5. The summed E-state index contributed by atoms with van der Waals surface area (Å²) in [5.74, 6) is -1.27. The average molecular weight is 691 g/mol. The third-order valence-corrected chi connectivity index (χ3v) is 8.83. The molecular formula is C35H46N8O7. The molecule has 6 rings (SSSR count). The molecule has 15 heteroatoms. The number of aliphatic hydroxyl groups excluding tert-OH is 1. The van der Waals surface area contributed by atoms with Crippen molar-refractivity contribution in [3.63, 3.8) is 0 Å². The maximum absolute atomic E-state index is 13.7. The van der Waals surface area contributed by atoms with E-state index in [0.29, 0.717) is 43.2 Å². The zero-order valence-electron chi connectivity index (χ0n) is 28.5. The van der Waals surface area contributed by atoms with Gasteiger partial charge >= 0.3 is 0 Å². The van der Waals surface area contributed by atoms with E-state index in [0.717, 1.165) is 24.9 Å². The van der Waals surface area contributed by atoms with Gasteiger partial charge in [0.1, 0.15) is 18.7 Å². The first kappa shape index (κ1) is 36.3. The van der Waals surface area contributed by atoms with Crippen LogP contribution in [0.3, 0.4) is 0 Å². The highest BCUT2D eigenvalue weighted by molar-refractivity contribution is 5.99. The van der Waals surface area contributed by atoms with Crippen LogP contribution < -0.4 is 30.7 Å². The number of ether oxygens (including phenoxy) is 2. The average Bonchev–Trinajstić information content (AvgIpc) is 3.59. The number of carbonyl (C=O) groups is 4. The van der Waals surface area contributed by atoms with Crippen molar-refractivity contribution < 1.29 is 33.8 Å². The van der Waals surface area contributed by atoms with E-state index in [1.165, 1.54) is 20.1 Å². The quantitative estimate of drug-likeness (QED) is 0.229. The molecule has 0 radical (unpaired) electrons. The maximum Gasteiger partial charge on any atom is 0.252 e. The topological polar surface area (TPSA) is 189 Å². The lowest BCUT2D eigenvalue weighted by Gasteiger charge is -2.30. The molecule has 0 aliphatic carbocycles. The monoisotopic (exact) mass is 690 g/mol. The molecule has 4 heterocycles. The zero-order chi connectivity index (χ0) is 35.5. The number of amides is 4. The first-order valence-electron chi connectivity index (χ1n) is 17.0. The van der Waals surface area contributed by atoms with E-state index < -0.39 is 35.9 Å². The molecule has 0 unspecified atom stereocenters. The van der Waals surface area contributed by atoms with E-state index in [4.69, 9.17) is 9.47 Å². The lowest BCUT2D eigenvalue weighted by molar-refractivity contribution is -0.136. The number of aromatic nitrogens is 3. The van der Waals surface area contributed by atoms with Crippen LogP contribution in [0, 0.1) is 5.92 Å². The van der Waals surface area contributed by atoms with Crippen molar-refractivity contribution in [2.75, 3.05) is 46.4 Å². The van der Waals surface area contributed by atoms with Crippen molar-refractivity contribution in [2.24, 2.45) is 5.92 Å². The van der Waals surface area contributed by atoms with Gasteiger partial charge in [0.2, 0.25) is 17.7 Å². The molecule has 0 spiro atoms. The van der Waals surface area contributed by atoms with E-state index in [-0.39, 0.29) is 43.5 Å². The Morgan fingerprint density at radius 2 is 1.88 bits per heavy atom. The van der Waals surface area contributed by atoms with Crippen LogP contribution in [-0.4, -0.2) is 113 Å². The minimum Gasteiger partial charge on any atom is -0.493 e. The van der Waals surface area contributed by atoms with E-state index >= 15 is 0 Å². The summed E-state index contributed by atoms with van der Waals surface area (Å²) in [6, 6.07) is 11.4. The van der Waals surface area contributed by atoms with Crippen molar-refractivity contribution in [1.82, 2.24) is 41.2 Å². The lowest BCUT2D eigenvalue weighted by Crippen LogP contribution is -2.58. The minimum absolute atomic E-state index is 0.0162. The van der Waals surface area contributed by atoms with Gasteiger partial charge in [-0.25, -0.2) is 4.68 Å². The Morgan fingerprint density at radius 3 is 2.62 bits per heavy atom. The Kier molecular flexibility index (Phi) is 12.8. The number of carbonyl (C=O) groups excluding carboxylic acids is 4. The van der Waals surface area contributed by atoms with Crippen molar-refractivity contribution in [1.29, 1.82) is 0 Å². The molecule has 4 amide bonds. The zero-order valence-corrected chi connectivity index (χ0v) is 28.5. The molecule has 1 saturated heterocycles. The third-order valence-electron chi connectivity index (χ3n) is 8.83. The van der Waals surface area contributed by atoms with Crippen LogP contribution >= 0.6 is 0 Å². The number of hydrogen-bond donors (Lipinski definition) is 5. The van der Waals surface area contributed by atoms with Crippen LogP contribution in [0.1, 0.15) is 41.4 Å². The molecule has 50 heavy (non-hydrogen) atoms. The van der Waals surface area contributed by atoms with Crippen molar-refractivity contribution in [2.45, 2.75) is 57.3 Å². The van der Waals surface area contributed by atoms with Gasteiger partial charge in [-0.3, -0.25) is 19.2 Å². The Hall–Kier alpha value is -5.02. The number of rotatable bonds is 5. The van der Waals surface area contributed by atoms with Gasteiger partial charge in [-0.1, -0.05) is 35.5 Å². The van der Waals surface area contributed by atoms with Gasteiger partial charge in [0, 0.05) is 50.8 Å². The maximum atomic E-state index is 13.7. The second-order valence-corrected chi connectivity index (χ2v) is 12.5. The van der Waals surface area contributed by atoms with Gasteiger partial charge < -0.3 is 40.7 Å². The predicted octanol–water partition coefficient (Wildman–Crippen LogP) is 0.0729. The third kappa shape index (κ3) is 9.79. The first-order valence-corrected chi connectivity index (χ1v) is 17.0. The molecule has 5 N–H and O–H groups in total. The number of piperidine rings is 1. The second-order valence-electron chi connectivity index (χ2n) is 12.5. The summed E-state index contributed by atoms with van der Waals surface area (Å²) in [7, 11) is 1.46. The molecule has 0 saturated carbocycles. The van der Waals surface area contributed by atoms with Crippen LogP contribution in [0.4, 0.5) is 0 Å². The minimum atomic E-state index is -1.32. The largest absolute Gasteiger partial charge is 0.493 e. The number of benzene rings is 2. The SMILES string of the molecule is COc1cc2ccc1OCCn1cc(nn1)CCN(C(=O)[C@H]1CCCNC1)CCNC(=O)[C@H]([C@@H](C)O)NC(=O)[C@@H](Cc1ccccc1)NC2=O. The standard InChI is InChI=1S/C35H46N8O7/c1-23(44)31-34(47)37-14-16-42(35(48)26-9-6-13-36-21-26)15-12-27-22-43(41-40-27)17-18-50-29-11-10-25(20-30(29)49-2)32(45)38-28(33(46)39-31)19-24-7-4-3-5-8-24/h3-5,7-8,10-11,20,22-23,26,28,31,36,44H,6,9,12-19,21H2,1-2H3,(H,37,47)(H,38,45)(H,39,46)/t23-,26+,28-,31+/m1/s1. The van der Waals surface area contributed by atoms with Gasteiger partial charge in [0.25, 0.3) is 5.91 Å². The number of nitrogens with one attached hydrogen (secondary N) is 4. The number of hydrogen-bond acceptors (Lipinski definition) is 10. The highest BCUT2D eigenvalue weighted by Gasteiger charge is 2.31. The smallest absolute Gasteiger partial charge is 0.252 e.